The SMILES string of the molecule is C=CC(OC(=O)C(C)c1cc(C)c(O)c(C(C)(C)C)c1)C(C=C)(C=C)OC(=O)C(C)c1cc(C)c(O)c(C(C)(C)C)c1. The van der Waals surface area contributed by atoms with E-state index in [-0.39, 0.29) is 22.3 Å². The van der Waals surface area contributed by atoms with Crippen LogP contribution in [0.25, 0.3) is 0 Å². The summed E-state index contributed by atoms with van der Waals surface area (Å²) in [4.78, 5) is 26.9. The van der Waals surface area contributed by atoms with Gasteiger partial charge in [0.15, 0.2) is 11.7 Å². The van der Waals surface area contributed by atoms with Crippen molar-refractivity contribution in [1.82, 2.24) is 0 Å². The van der Waals surface area contributed by atoms with Gasteiger partial charge >= 0.3 is 11.9 Å². The molecule has 6 heteroatoms. The number of aryl methyl sites for hydroxylation is 2. The Kier molecular flexibility index (Phi) is 10.3. The van der Waals surface area contributed by atoms with E-state index < -0.39 is 35.5 Å². The third-order valence-corrected chi connectivity index (χ3v) is 7.79. The largest absolute Gasteiger partial charge is 0.507 e. The van der Waals surface area contributed by atoms with Crippen LogP contribution in [0.1, 0.15) is 101 Å². The van der Waals surface area contributed by atoms with Crippen molar-refractivity contribution >= 4 is 11.9 Å². The lowest BCUT2D eigenvalue weighted by Gasteiger charge is -2.34. The molecule has 2 N–H and O–H groups in total. The van der Waals surface area contributed by atoms with Crippen LogP contribution in [0.2, 0.25) is 0 Å². The topological polar surface area (TPSA) is 93.1 Å². The van der Waals surface area contributed by atoms with Crippen molar-refractivity contribution in [2.75, 3.05) is 0 Å². The van der Waals surface area contributed by atoms with E-state index in [0.29, 0.717) is 22.3 Å². The Labute approximate surface area is 251 Å². The number of rotatable bonds is 10. The highest BCUT2D eigenvalue weighted by Crippen LogP contribution is 2.38. The molecule has 6 nitrogen and oxygen atoms in total. The van der Waals surface area contributed by atoms with Gasteiger partial charge in [0.05, 0.1) is 11.8 Å². The summed E-state index contributed by atoms with van der Waals surface area (Å²) in [5.41, 5.74) is 1.87. The molecule has 0 spiro atoms. The number of hydrogen-bond donors (Lipinski definition) is 2. The van der Waals surface area contributed by atoms with Crippen LogP contribution in [-0.4, -0.2) is 33.9 Å². The predicted octanol–water partition coefficient (Wildman–Crippen LogP) is 7.97. The van der Waals surface area contributed by atoms with Gasteiger partial charge in [-0.3, -0.25) is 9.59 Å². The Balaban J connectivity index is 2.39. The summed E-state index contributed by atoms with van der Waals surface area (Å²) in [5.74, 6) is -2.14. The molecule has 3 atom stereocenters. The van der Waals surface area contributed by atoms with Crippen LogP contribution >= 0.6 is 0 Å². The average molecular weight is 577 g/mol. The van der Waals surface area contributed by atoms with Gasteiger partial charge in [-0.15, -0.1) is 0 Å². The number of phenols is 2. The lowest BCUT2D eigenvalue weighted by molar-refractivity contribution is -0.170. The molecular weight excluding hydrogens is 528 g/mol. The van der Waals surface area contributed by atoms with Crippen LogP contribution in [0.4, 0.5) is 0 Å². The molecule has 0 heterocycles. The highest BCUT2D eigenvalue weighted by molar-refractivity contribution is 5.80. The van der Waals surface area contributed by atoms with Crippen LogP contribution in [0.15, 0.2) is 62.2 Å². The number of phenolic OH excluding ortho intramolecular Hbond substituents is 2. The summed E-state index contributed by atoms with van der Waals surface area (Å²) in [5, 5.41) is 21.2. The zero-order valence-corrected chi connectivity index (χ0v) is 26.9. The highest BCUT2D eigenvalue weighted by atomic mass is 16.6. The first-order valence-electron chi connectivity index (χ1n) is 14.2. The van der Waals surface area contributed by atoms with E-state index >= 15 is 0 Å². The zero-order chi connectivity index (χ0) is 32.4. The zero-order valence-electron chi connectivity index (χ0n) is 26.9. The van der Waals surface area contributed by atoms with E-state index in [4.69, 9.17) is 9.47 Å². The van der Waals surface area contributed by atoms with Gasteiger partial charge < -0.3 is 19.7 Å². The van der Waals surface area contributed by atoms with E-state index in [0.717, 1.165) is 11.1 Å². The Morgan fingerprint density at radius 1 is 0.738 bits per heavy atom. The summed E-state index contributed by atoms with van der Waals surface area (Å²) >= 11 is 0. The minimum Gasteiger partial charge on any atom is -0.507 e. The van der Waals surface area contributed by atoms with Crippen molar-refractivity contribution in [3.8, 4) is 11.5 Å². The molecule has 2 aromatic rings. The van der Waals surface area contributed by atoms with Crippen LogP contribution in [0.3, 0.4) is 0 Å². The molecule has 0 aliphatic carbocycles. The van der Waals surface area contributed by atoms with Crippen molar-refractivity contribution < 1.29 is 29.3 Å². The lowest BCUT2D eigenvalue weighted by Crippen LogP contribution is -2.45. The molecule has 42 heavy (non-hydrogen) atoms. The second-order valence-corrected chi connectivity index (χ2v) is 13.2. The minimum absolute atomic E-state index is 0.199. The second-order valence-electron chi connectivity index (χ2n) is 13.2. The fourth-order valence-electron chi connectivity index (χ4n) is 4.80. The molecule has 0 aliphatic rings. The number of esters is 2. The van der Waals surface area contributed by atoms with Gasteiger partial charge in [0.25, 0.3) is 0 Å². The van der Waals surface area contributed by atoms with E-state index in [9.17, 15) is 19.8 Å². The third kappa shape index (κ3) is 7.15. The maximum Gasteiger partial charge on any atom is 0.314 e. The number of hydrogen-bond acceptors (Lipinski definition) is 6. The molecule has 0 aliphatic heterocycles. The average Bonchev–Trinajstić information content (AvgIpc) is 2.90. The molecule has 0 saturated carbocycles. The minimum atomic E-state index is -1.58. The maximum atomic E-state index is 13.5. The Morgan fingerprint density at radius 2 is 1.12 bits per heavy atom. The van der Waals surface area contributed by atoms with E-state index in [1.807, 2.05) is 53.7 Å². The molecule has 0 fully saturated rings. The first-order chi connectivity index (χ1) is 19.2. The first-order valence-corrected chi connectivity index (χ1v) is 14.2. The van der Waals surface area contributed by atoms with Crippen LogP contribution in [0, 0.1) is 13.8 Å². The van der Waals surface area contributed by atoms with Gasteiger partial charge in [0.2, 0.25) is 0 Å². The van der Waals surface area contributed by atoms with Gasteiger partial charge in [-0.25, -0.2) is 0 Å². The van der Waals surface area contributed by atoms with Crippen LogP contribution in [-0.2, 0) is 29.9 Å². The Morgan fingerprint density at radius 3 is 1.45 bits per heavy atom. The Bertz CT molecular complexity index is 1360. The molecular formula is C36H48O6. The van der Waals surface area contributed by atoms with E-state index in [1.54, 1.807) is 39.8 Å². The number of aromatic hydroxyl groups is 2. The molecule has 3 unspecified atom stereocenters. The summed E-state index contributed by atoms with van der Waals surface area (Å²) in [7, 11) is 0. The van der Waals surface area contributed by atoms with Gasteiger partial charge in [0, 0.05) is 0 Å². The first kappa shape index (κ1) is 34.4. The van der Waals surface area contributed by atoms with Crippen molar-refractivity contribution in [1.29, 1.82) is 0 Å². The fraction of sp³-hybridized carbons (Fsp3) is 0.444. The van der Waals surface area contributed by atoms with Gasteiger partial charge in [-0.05, 0) is 90.1 Å². The van der Waals surface area contributed by atoms with Crippen LogP contribution in [0.5, 0.6) is 11.5 Å². The number of carbonyl (C=O) groups excluding carboxylic acids is 2. The normalized spacial score (nSPS) is 14.3. The monoisotopic (exact) mass is 576 g/mol. The number of benzene rings is 2. The molecule has 2 rings (SSSR count). The van der Waals surface area contributed by atoms with E-state index in [2.05, 4.69) is 19.7 Å². The van der Waals surface area contributed by atoms with Crippen LogP contribution < -0.4 is 0 Å². The summed E-state index contributed by atoms with van der Waals surface area (Å²) in [6, 6.07) is 7.16. The molecule has 228 valence electrons. The standard InChI is InChI=1S/C36H48O6/c1-14-29(41-32(39)23(6)25-17-21(4)30(37)27(19-25)34(8,9)10)36(15-2,16-3)42-33(40)24(7)26-18-22(5)31(38)28(20-26)35(11,12)13/h14-20,23-24,29,37-38H,1-3H2,4-13H3. The van der Waals surface area contributed by atoms with Gasteiger partial charge in [-0.2, -0.15) is 0 Å². The predicted molar refractivity (Wildman–Crippen MR) is 169 cm³/mol. The van der Waals surface area contributed by atoms with Crippen molar-refractivity contribution in [3.63, 3.8) is 0 Å². The molecule has 2 aromatic carbocycles. The fourth-order valence-corrected chi connectivity index (χ4v) is 4.80. The van der Waals surface area contributed by atoms with Gasteiger partial charge in [-0.1, -0.05) is 85.5 Å². The molecule has 0 amide bonds. The second kappa shape index (κ2) is 12.6. The van der Waals surface area contributed by atoms with Crippen molar-refractivity contribution in [3.05, 3.63) is 95.6 Å². The van der Waals surface area contributed by atoms with Gasteiger partial charge in [0.1, 0.15) is 11.5 Å². The Hall–Kier alpha value is -3.80. The third-order valence-electron chi connectivity index (χ3n) is 7.79. The lowest BCUT2D eigenvalue weighted by atomic mass is 9.82. The molecule has 0 radical (unpaired) electrons. The summed E-state index contributed by atoms with van der Waals surface area (Å²) in [6.07, 6.45) is 3.03. The van der Waals surface area contributed by atoms with Crippen molar-refractivity contribution in [2.45, 2.75) is 104 Å². The molecule has 0 bridgehead atoms. The number of ether oxygens (including phenoxy) is 2. The van der Waals surface area contributed by atoms with Crippen molar-refractivity contribution in [2.24, 2.45) is 0 Å². The smallest absolute Gasteiger partial charge is 0.314 e. The quantitative estimate of drug-likeness (QED) is 0.220. The summed E-state index contributed by atoms with van der Waals surface area (Å²) in [6.45, 7) is 30.5. The summed E-state index contributed by atoms with van der Waals surface area (Å²) < 4.78 is 11.8. The number of carbonyl (C=O) groups is 2. The maximum absolute atomic E-state index is 13.5. The molecule has 0 saturated heterocycles. The highest BCUT2D eigenvalue weighted by Gasteiger charge is 2.41. The van der Waals surface area contributed by atoms with E-state index in [1.165, 1.54) is 18.2 Å². The molecule has 0 aromatic heterocycles.